The zero-order valence-corrected chi connectivity index (χ0v) is 7.59. The summed E-state index contributed by atoms with van der Waals surface area (Å²) in [5.74, 6) is 1.84. The highest BCUT2D eigenvalue weighted by Gasteiger charge is 2.20. The molecule has 1 heterocycles. The molecule has 64 valence electrons. The van der Waals surface area contributed by atoms with E-state index < -0.39 is 0 Å². The summed E-state index contributed by atoms with van der Waals surface area (Å²) in [5.41, 5.74) is 1.17. The number of hydrogen-bond donors (Lipinski definition) is 0. The molecule has 1 aliphatic carbocycles. The zero-order chi connectivity index (χ0) is 8.39. The molecule has 0 N–H and O–H groups in total. The molecular formula is C9H11ClN2. The molecule has 1 fully saturated rings. The average Bonchev–Trinajstić information content (AvgIpc) is 2.02. The van der Waals surface area contributed by atoms with Gasteiger partial charge in [-0.1, -0.05) is 6.42 Å². The summed E-state index contributed by atoms with van der Waals surface area (Å²) in [5, 5.41) is 0. The Hall–Kier alpha value is -0.630. The number of hydrogen-bond acceptors (Lipinski definition) is 2. The Bertz CT molecular complexity index is 271. The highest BCUT2D eigenvalue weighted by molar-refractivity contribution is 6.16. The summed E-state index contributed by atoms with van der Waals surface area (Å²) in [4.78, 5) is 8.43. The van der Waals surface area contributed by atoms with Crippen molar-refractivity contribution in [2.45, 2.75) is 31.1 Å². The first-order chi connectivity index (χ1) is 5.90. The van der Waals surface area contributed by atoms with Crippen LogP contribution in [0.3, 0.4) is 0 Å². The maximum absolute atomic E-state index is 5.64. The first-order valence-electron chi connectivity index (χ1n) is 4.28. The number of alkyl halides is 1. The molecule has 0 aliphatic heterocycles. The Morgan fingerprint density at radius 2 is 2.33 bits per heavy atom. The van der Waals surface area contributed by atoms with Crippen LogP contribution in [0.5, 0.6) is 0 Å². The summed E-state index contributed by atoms with van der Waals surface area (Å²) in [6.07, 6.45) is 5.70. The fourth-order valence-corrected chi connectivity index (χ4v) is 1.54. The van der Waals surface area contributed by atoms with Crippen LogP contribution in [-0.2, 0) is 5.88 Å². The quantitative estimate of drug-likeness (QED) is 0.657. The third kappa shape index (κ3) is 1.44. The van der Waals surface area contributed by atoms with Crippen molar-refractivity contribution in [3.05, 3.63) is 23.8 Å². The van der Waals surface area contributed by atoms with Gasteiger partial charge in [-0.3, -0.25) is 0 Å². The molecular weight excluding hydrogens is 172 g/mol. The lowest BCUT2D eigenvalue weighted by Crippen LogP contribution is -2.11. The molecule has 0 atom stereocenters. The van der Waals surface area contributed by atoms with Gasteiger partial charge in [0.1, 0.15) is 5.82 Å². The molecule has 0 amide bonds. The van der Waals surface area contributed by atoms with E-state index in [1.807, 2.05) is 6.07 Å². The topological polar surface area (TPSA) is 25.8 Å². The summed E-state index contributed by atoms with van der Waals surface area (Å²) in [6, 6.07) is 2.00. The number of nitrogens with zero attached hydrogens (tertiary/aromatic N) is 2. The SMILES string of the molecule is ClCc1nccc(C2CCC2)n1. The van der Waals surface area contributed by atoms with Crippen LogP contribution in [0.2, 0.25) is 0 Å². The van der Waals surface area contributed by atoms with E-state index in [1.165, 1.54) is 25.0 Å². The molecule has 2 nitrogen and oxygen atoms in total. The van der Waals surface area contributed by atoms with E-state index in [0.29, 0.717) is 11.8 Å². The van der Waals surface area contributed by atoms with Crippen molar-refractivity contribution in [1.29, 1.82) is 0 Å². The lowest BCUT2D eigenvalue weighted by atomic mass is 9.83. The van der Waals surface area contributed by atoms with Crippen molar-refractivity contribution in [2.24, 2.45) is 0 Å². The summed E-state index contributed by atoms with van der Waals surface area (Å²) in [7, 11) is 0. The molecule has 1 saturated carbocycles. The van der Waals surface area contributed by atoms with Crippen molar-refractivity contribution >= 4 is 11.6 Å². The Labute approximate surface area is 77.0 Å². The molecule has 0 spiro atoms. The van der Waals surface area contributed by atoms with Gasteiger partial charge in [-0.05, 0) is 18.9 Å². The Kier molecular flexibility index (Phi) is 2.26. The highest BCUT2D eigenvalue weighted by atomic mass is 35.5. The van der Waals surface area contributed by atoms with Crippen molar-refractivity contribution in [1.82, 2.24) is 9.97 Å². The van der Waals surface area contributed by atoms with E-state index in [2.05, 4.69) is 9.97 Å². The summed E-state index contributed by atoms with van der Waals surface area (Å²) < 4.78 is 0. The fourth-order valence-electron chi connectivity index (χ4n) is 1.41. The minimum atomic E-state index is 0.417. The van der Waals surface area contributed by atoms with Gasteiger partial charge in [-0.2, -0.15) is 0 Å². The fraction of sp³-hybridized carbons (Fsp3) is 0.556. The molecule has 0 aromatic carbocycles. The predicted molar refractivity (Wildman–Crippen MR) is 48.2 cm³/mol. The number of rotatable bonds is 2. The smallest absolute Gasteiger partial charge is 0.143 e. The lowest BCUT2D eigenvalue weighted by molar-refractivity contribution is 0.410. The van der Waals surface area contributed by atoms with Crippen molar-refractivity contribution in [3.8, 4) is 0 Å². The lowest BCUT2D eigenvalue weighted by Gasteiger charge is -2.24. The van der Waals surface area contributed by atoms with Gasteiger partial charge < -0.3 is 0 Å². The minimum Gasteiger partial charge on any atom is -0.240 e. The van der Waals surface area contributed by atoms with Crippen LogP contribution in [0.4, 0.5) is 0 Å². The van der Waals surface area contributed by atoms with Crippen LogP contribution in [0, 0.1) is 0 Å². The molecule has 1 aromatic heterocycles. The number of halogens is 1. The van der Waals surface area contributed by atoms with Crippen molar-refractivity contribution < 1.29 is 0 Å². The Morgan fingerprint density at radius 3 is 2.92 bits per heavy atom. The summed E-state index contributed by atoms with van der Waals surface area (Å²) in [6.45, 7) is 0. The van der Waals surface area contributed by atoms with E-state index in [-0.39, 0.29) is 0 Å². The second kappa shape index (κ2) is 3.40. The van der Waals surface area contributed by atoms with Crippen LogP contribution in [0.1, 0.15) is 36.7 Å². The van der Waals surface area contributed by atoms with Gasteiger partial charge in [-0.15, -0.1) is 11.6 Å². The van der Waals surface area contributed by atoms with Gasteiger partial charge in [0.15, 0.2) is 0 Å². The first kappa shape index (κ1) is 7.99. The molecule has 12 heavy (non-hydrogen) atoms. The van der Waals surface area contributed by atoms with Gasteiger partial charge in [-0.25, -0.2) is 9.97 Å². The molecule has 0 saturated heterocycles. The van der Waals surface area contributed by atoms with E-state index in [1.54, 1.807) is 6.20 Å². The van der Waals surface area contributed by atoms with E-state index in [9.17, 15) is 0 Å². The normalized spacial score (nSPS) is 17.4. The van der Waals surface area contributed by atoms with Gasteiger partial charge >= 0.3 is 0 Å². The molecule has 3 heteroatoms. The highest BCUT2D eigenvalue weighted by Crippen LogP contribution is 2.34. The molecule has 1 aliphatic rings. The molecule has 0 radical (unpaired) electrons. The minimum absolute atomic E-state index is 0.417. The van der Waals surface area contributed by atoms with Gasteiger partial charge in [0.25, 0.3) is 0 Å². The predicted octanol–water partition coefficient (Wildman–Crippen LogP) is 2.48. The summed E-state index contributed by atoms with van der Waals surface area (Å²) >= 11 is 5.64. The van der Waals surface area contributed by atoms with Crippen molar-refractivity contribution in [2.75, 3.05) is 0 Å². The third-order valence-electron chi connectivity index (χ3n) is 2.37. The number of aromatic nitrogens is 2. The Morgan fingerprint density at radius 1 is 1.50 bits per heavy atom. The molecule has 0 bridgehead atoms. The largest absolute Gasteiger partial charge is 0.240 e. The van der Waals surface area contributed by atoms with E-state index >= 15 is 0 Å². The van der Waals surface area contributed by atoms with Gasteiger partial charge in [0.05, 0.1) is 5.88 Å². The first-order valence-corrected chi connectivity index (χ1v) is 4.81. The third-order valence-corrected chi connectivity index (χ3v) is 2.61. The maximum atomic E-state index is 5.64. The zero-order valence-electron chi connectivity index (χ0n) is 6.83. The van der Waals surface area contributed by atoms with Gasteiger partial charge in [0, 0.05) is 17.8 Å². The molecule has 0 unspecified atom stereocenters. The van der Waals surface area contributed by atoms with Crippen molar-refractivity contribution in [3.63, 3.8) is 0 Å². The van der Waals surface area contributed by atoms with Crippen LogP contribution in [-0.4, -0.2) is 9.97 Å². The molecule has 2 rings (SSSR count). The Balaban J connectivity index is 2.19. The monoisotopic (exact) mass is 182 g/mol. The van der Waals surface area contributed by atoms with Crippen LogP contribution < -0.4 is 0 Å². The van der Waals surface area contributed by atoms with Crippen LogP contribution >= 0.6 is 11.6 Å². The van der Waals surface area contributed by atoms with Crippen LogP contribution in [0.15, 0.2) is 12.3 Å². The second-order valence-corrected chi connectivity index (χ2v) is 3.43. The van der Waals surface area contributed by atoms with Crippen LogP contribution in [0.25, 0.3) is 0 Å². The van der Waals surface area contributed by atoms with E-state index in [4.69, 9.17) is 11.6 Å². The average molecular weight is 183 g/mol. The maximum Gasteiger partial charge on any atom is 0.143 e. The van der Waals surface area contributed by atoms with E-state index in [0.717, 1.165) is 5.82 Å². The standard InChI is InChI=1S/C9H11ClN2/c10-6-9-11-5-4-8(12-9)7-2-1-3-7/h4-5,7H,1-3,6H2. The second-order valence-electron chi connectivity index (χ2n) is 3.16. The molecule has 1 aromatic rings. The van der Waals surface area contributed by atoms with Gasteiger partial charge in [0.2, 0.25) is 0 Å².